The zero-order valence-corrected chi connectivity index (χ0v) is 11.0. The highest BCUT2D eigenvalue weighted by Gasteiger charge is 2.30. The van der Waals surface area contributed by atoms with Gasteiger partial charge >= 0.3 is 0 Å². The van der Waals surface area contributed by atoms with E-state index in [0.717, 1.165) is 19.6 Å². The van der Waals surface area contributed by atoms with Crippen molar-refractivity contribution in [3.05, 3.63) is 0 Å². The monoisotopic (exact) mass is 226 g/mol. The zero-order chi connectivity index (χ0) is 12.0. The molecule has 1 N–H and O–H groups in total. The molecule has 1 rings (SSSR count). The first-order valence-corrected chi connectivity index (χ1v) is 6.75. The molecule has 3 nitrogen and oxygen atoms in total. The number of carbonyl (C=O) groups is 1. The van der Waals surface area contributed by atoms with E-state index in [1.807, 2.05) is 4.90 Å². The van der Waals surface area contributed by atoms with Crippen LogP contribution in [0.2, 0.25) is 0 Å². The summed E-state index contributed by atoms with van der Waals surface area (Å²) in [6.07, 6.45) is 5.88. The van der Waals surface area contributed by atoms with E-state index >= 15 is 0 Å². The number of unbranched alkanes of at least 4 members (excludes halogenated alkanes) is 1. The van der Waals surface area contributed by atoms with Crippen LogP contribution in [-0.2, 0) is 4.79 Å². The van der Waals surface area contributed by atoms with Crippen molar-refractivity contribution in [2.45, 2.75) is 58.9 Å². The smallest absolute Gasteiger partial charge is 0.240 e. The highest BCUT2D eigenvalue weighted by Crippen LogP contribution is 2.16. The molecular formula is C13H26N2O. The molecule has 1 aliphatic rings. The minimum Gasteiger partial charge on any atom is -0.328 e. The second-order valence-electron chi connectivity index (χ2n) is 4.80. The Morgan fingerprint density at radius 3 is 2.69 bits per heavy atom. The summed E-state index contributed by atoms with van der Waals surface area (Å²) < 4.78 is 0. The number of hydrogen-bond donors (Lipinski definition) is 1. The zero-order valence-electron chi connectivity index (χ0n) is 11.0. The molecular weight excluding hydrogens is 200 g/mol. The molecule has 1 fully saturated rings. The van der Waals surface area contributed by atoms with Crippen LogP contribution in [-0.4, -0.2) is 30.1 Å². The van der Waals surface area contributed by atoms with Crippen molar-refractivity contribution in [3.63, 3.8) is 0 Å². The average molecular weight is 226 g/mol. The van der Waals surface area contributed by atoms with Gasteiger partial charge < -0.3 is 4.90 Å². The number of nitrogens with one attached hydrogen (secondary N) is 1. The van der Waals surface area contributed by atoms with Gasteiger partial charge in [0, 0.05) is 6.54 Å². The molecule has 2 unspecified atom stereocenters. The summed E-state index contributed by atoms with van der Waals surface area (Å²) in [7, 11) is 0. The normalized spacial score (nSPS) is 22.8. The molecule has 0 aromatic rings. The van der Waals surface area contributed by atoms with Gasteiger partial charge in [0.25, 0.3) is 0 Å². The van der Waals surface area contributed by atoms with Crippen molar-refractivity contribution in [1.29, 1.82) is 0 Å². The molecule has 0 radical (unpaired) electrons. The molecule has 1 aliphatic heterocycles. The van der Waals surface area contributed by atoms with Crippen LogP contribution in [0.1, 0.15) is 52.9 Å². The molecule has 94 valence electrons. The van der Waals surface area contributed by atoms with E-state index in [4.69, 9.17) is 0 Å². The Balaban J connectivity index is 2.38. The summed E-state index contributed by atoms with van der Waals surface area (Å²) >= 11 is 0. The molecule has 16 heavy (non-hydrogen) atoms. The van der Waals surface area contributed by atoms with Gasteiger partial charge in [-0.05, 0) is 18.8 Å². The first-order valence-electron chi connectivity index (χ1n) is 6.75. The van der Waals surface area contributed by atoms with Crippen LogP contribution in [0.4, 0.5) is 0 Å². The third-order valence-corrected chi connectivity index (χ3v) is 3.57. The molecule has 0 aliphatic carbocycles. The highest BCUT2D eigenvalue weighted by molar-refractivity contribution is 5.83. The molecule has 0 spiro atoms. The Labute approximate surface area is 99.6 Å². The molecule has 0 aromatic carbocycles. The maximum Gasteiger partial charge on any atom is 0.240 e. The summed E-state index contributed by atoms with van der Waals surface area (Å²) in [5.74, 6) is 0.985. The maximum atomic E-state index is 11.9. The lowest BCUT2D eigenvalue weighted by atomic mass is 9.99. The first-order chi connectivity index (χ1) is 7.72. The fraction of sp³-hybridized carbons (Fsp3) is 0.923. The van der Waals surface area contributed by atoms with Crippen LogP contribution in [0.5, 0.6) is 0 Å². The van der Waals surface area contributed by atoms with Crippen LogP contribution in [0.15, 0.2) is 0 Å². The predicted molar refractivity (Wildman–Crippen MR) is 67.1 cm³/mol. The van der Waals surface area contributed by atoms with Crippen molar-refractivity contribution in [2.24, 2.45) is 5.92 Å². The molecule has 1 amide bonds. The van der Waals surface area contributed by atoms with Crippen LogP contribution in [0, 0.1) is 5.92 Å². The van der Waals surface area contributed by atoms with E-state index in [1.54, 1.807) is 0 Å². The lowest BCUT2D eigenvalue weighted by Crippen LogP contribution is -2.33. The standard InChI is InChI=1S/C13H26N2O/c1-4-7-8-11(5-2)9-15-10-14-12(6-3)13(15)16/h11-12,14H,4-10H2,1-3H3. The van der Waals surface area contributed by atoms with Gasteiger partial charge in [0.1, 0.15) is 0 Å². The Kier molecular flexibility index (Phi) is 5.81. The average Bonchev–Trinajstić information content (AvgIpc) is 2.65. The number of carbonyl (C=O) groups excluding carboxylic acids is 1. The van der Waals surface area contributed by atoms with E-state index in [0.29, 0.717) is 11.8 Å². The van der Waals surface area contributed by atoms with E-state index in [-0.39, 0.29) is 6.04 Å². The molecule has 2 atom stereocenters. The van der Waals surface area contributed by atoms with Gasteiger partial charge in [0.2, 0.25) is 5.91 Å². The van der Waals surface area contributed by atoms with Gasteiger partial charge in [0.05, 0.1) is 12.7 Å². The van der Waals surface area contributed by atoms with Gasteiger partial charge in [0.15, 0.2) is 0 Å². The molecule has 0 saturated carbocycles. The van der Waals surface area contributed by atoms with E-state index in [2.05, 4.69) is 26.1 Å². The molecule has 1 heterocycles. The van der Waals surface area contributed by atoms with Gasteiger partial charge in [-0.15, -0.1) is 0 Å². The van der Waals surface area contributed by atoms with Crippen molar-refractivity contribution < 1.29 is 4.79 Å². The Morgan fingerprint density at radius 1 is 1.44 bits per heavy atom. The summed E-state index contributed by atoms with van der Waals surface area (Å²) in [5, 5.41) is 3.27. The Hall–Kier alpha value is -0.570. The van der Waals surface area contributed by atoms with Crippen LogP contribution in [0.3, 0.4) is 0 Å². The van der Waals surface area contributed by atoms with Crippen LogP contribution in [0.25, 0.3) is 0 Å². The van der Waals surface area contributed by atoms with Crippen molar-refractivity contribution in [2.75, 3.05) is 13.2 Å². The Morgan fingerprint density at radius 2 is 2.19 bits per heavy atom. The SMILES string of the molecule is CCCCC(CC)CN1CNC(CC)C1=O. The fourth-order valence-corrected chi connectivity index (χ4v) is 2.31. The first kappa shape index (κ1) is 13.5. The molecule has 0 bridgehead atoms. The number of hydrogen-bond acceptors (Lipinski definition) is 2. The van der Waals surface area contributed by atoms with Gasteiger partial charge in [-0.2, -0.15) is 0 Å². The maximum absolute atomic E-state index is 11.9. The largest absolute Gasteiger partial charge is 0.328 e. The topological polar surface area (TPSA) is 32.3 Å². The second-order valence-corrected chi connectivity index (χ2v) is 4.80. The van der Waals surface area contributed by atoms with E-state index < -0.39 is 0 Å². The minimum absolute atomic E-state index is 0.0729. The summed E-state index contributed by atoms with van der Waals surface area (Å²) in [5.41, 5.74) is 0. The summed E-state index contributed by atoms with van der Waals surface area (Å²) in [6.45, 7) is 8.21. The fourth-order valence-electron chi connectivity index (χ4n) is 2.31. The van der Waals surface area contributed by atoms with E-state index in [9.17, 15) is 4.79 Å². The second kappa shape index (κ2) is 6.89. The Bertz CT molecular complexity index is 218. The summed E-state index contributed by atoms with van der Waals surface area (Å²) in [6, 6.07) is 0.0729. The van der Waals surface area contributed by atoms with Crippen molar-refractivity contribution in [1.82, 2.24) is 10.2 Å². The molecule has 1 saturated heterocycles. The van der Waals surface area contributed by atoms with Gasteiger partial charge in [-0.1, -0.05) is 40.0 Å². The van der Waals surface area contributed by atoms with Crippen LogP contribution >= 0.6 is 0 Å². The van der Waals surface area contributed by atoms with Crippen LogP contribution < -0.4 is 5.32 Å². The summed E-state index contributed by atoms with van der Waals surface area (Å²) in [4.78, 5) is 13.9. The van der Waals surface area contributed by atoms with Gasteiger partial charge in [-0.25, -0.2) is 0 Å². The molecule has 0 aromatic heterocycles. The molecule has 3 heteroatoms. The quantitative estimate of drug-likeness (QED) is 0.723. The number of rotatable bonds is 7. The lowest BCUT2D eigenvalue weighted by molar-refractivity contribution is -0.129. The number of nitrogens with zero attached hydrogens (tertiary/aromatic N) is 1. The minimum atomic E-state index is 0.0729. The van der Waals surface area contributed by atoms with E-state index in [1.165, 1.54) is 25.7 Å². The number of amides is 1. The third kappa shape index (κ3) is 3.48. The van der Waals surface area contributed by atoms with Crippen molar-refractivity contribution in [3.8, 4) is 0 Å². The van der Waals surface area contributed by atoms with Gasteiger partial charge in [-0.3, -0.25) is 10.1 Å². The highest BCUT2D eigenvalue weighted by atomic mass is 16.2. The van der Waals surface area contributed by atoms with Crippen molar-refractivity contribution >= 4 is 5.91 Å². The predicted octanol–water partition coefficient (Wildman–Crippen LogP) is 2.37. The third-order valence-electron chi connectivity index (χ3n) is 3.57. The lowest BCUT2D eigenvalue weighted by Gasteiger charge is -2.22.